The molecule has 122 valence electrons. The Morgan fingerprint density at radius 2 is 1.88 bits per heavy atom. The maximum Gasteiger partial charge on any atom is 0.375 e. The van der Waals surface area contributed by atoms with Gasteiger partial charge in [0.15, 0.2) is 6.61 Å². The molecule has 0 saturated carbocycles. The maximum atomic E-state index is 12.2. The fraction of sp³-hybridized carbons (Fsp3) is 0.158. The number of nitrogens with one attached hydrogen (secondary N) is 1. The molecule has 5 heteroatoms. The summed E-state index contributed by atoms with van der Waals surface area (Å²) in [6.07, 6.45) is 1.43. The third-order valence-electron chi connectivity index (χ3n) is 3.72. The van der Waals surface area contributed by atoms with Crippen LogP contribution in [0.3, 0.4) is 0 Å². The minimum absolute atomic E-state index is 0.0935. The van der Waals surface area contributed by atoms with Crippen LogP contribution in [0.15, 0.2) is 53.1 Å². The fourth-order valence-electron chi connectivity index (χ4n) is 2.60. The summed E-state index contributed by atoms with van der Waals surface area (Å²) in [5.74, 6) is -0.814. The Balaban J connectivity index is 1.72. The fourth-order valence-corrected chi connectivity index (χ4v) is 2.60. The monoisotopic (exact) mass is 323 g/mol. The molecule has 0 amide bonds. The van der Waals surface area contributed by atoms with Crippen molar-refractivity contribution in [3.63, 3.8) is 0 Å². The molecule has 0 spiro atoms. The summed E-state index contributed by atoms with van der Waals surface area (Å²) in [4.78, 5) is 27.5. The van der Waals surface area contributed by atoms with E-state index in [2.05, 4.69) is 4.98 Å². The van der Waals surface area contributed by atoms with E-state index in [1.54, 1.807) is 12.1 Å². The van der Waals surface area contributed by atoms with Gasteiger partial charge in [-0.25, -0.2) is 4.79 Å². The van der Waals surface area contributed by atoms with Gasteiger partial charge in [-0.2, -0.15) is 0 Å². The molecule has 2 aromatic heterocycles. The number of H-pyrrole nitrogens is 1. The van der Waals surface area contributed by atoms with Crippen molar-refractivity contribution in [2.24, 2.45) is 0 Å². The highest BCUT2D eigenvalue weighted by Crippen LogP contribution is 2.25. The van der Waals surface area contributed by atoms with Crippen LogP contribution in [0, 0.1) is 13.8 Å². The molecular formula is C19H17NO4. The second-order valence-electron chi connectivity index (χ2n) is 5.52. The molecule has 5 nitrogen and oxygen atoms in total. The number of hydrogen-bond donors (Lipinski definition) is 1. The lowest BCUT2D eigenvalue weighted by molar-refractivity contribution is 0.0445. The van der Waals surface area contributed by atoms with Crippen molar-refractivity contribution in [1.82, 2.24) is 4.98 Å². The minimum Gasteiger partial charge on any atom is -0.457 e. The van der Waals surface area contributed by atoms with Crippen LogP contribution in [0.2, 0.25) is 0 Å². The van der Waals surface area contributed by atoms with E-state index in [0.29, 0.717) is 11.1 Å². The number of rotatable bonds is 5. The van der Waals surface area contributed by atoms with Gasteiger partial charge in [-0.05, 0) is 31.5 Å². The van der Waals surface area contributed by atoms with E-state index in [0.717, 1.165) is 17.0 Å². The summed E-state index contributed by atoms with van der Waals surface area (Å²) < 4.78 is 10.4. The van der Waals surface area contributed by atoms with E-state index in [1.807, 2.05) is 44.2 Å². The van der Waals surface area contributed by atoms with Gasteiger partial charge in [-0.1, -0.05) is 30.3 Å². The molecule has 2 heterocycles. The van der Waals surface area contributed by atoms with Crippen LogP contribution in [-0.2, 0) is 4.74 Å². The van der Waals surface area contributed by atoms with Gasteiger partial charge >= 0.3 is 5.97 Å². The summed E-state index contributed by atoms with van der Waals surface area (Å²) >= 11 is 0. The standard InChI is InChI=1S/C19H17NO4/c1-12-10-16(13(2)20-12)17(21)11-24-19(22)18-15(8-9-23-18)14-6-4-3-5-7-14/h3-10,20H,11H2,1-2H3. The lowest BCUT2D eigenvalue weighted by atomic mass is 10.1. The predicted octanol–water partition coefficient (Wildman–Crippen LogP) is 3.93. The van der Waals surface area contributed by atoms with E-state index in [9.17, 15) is 9.59 Å². The number of esters is 1. The second-order valence-corrected chi connectivity index (χ2v) is 5.52. The Bertz CT molecular complexity index is 874. The van der Waals surface area contributed by atoms with Gasteiger partial charge in [0.1, 0.15) is 0 Å². The third-order valence-corrected chi connectivity index (χ3v) is 3.72. The molecule has 0 fully saturated rings. The van der Waals surface area contributed by atoms with Crippen LogP contribution in [0.1, 0.15) is 32.3 Å². The zero-order valence-corrected chi connectivity index (χ0v) is 13.5. The van der Waals surface area contributed by atoms with E-state index in [1.165, 1.54) is 6.26 Å². The van der Waals surface area contributed by atoms with Gasteiger partial charge < -0.3 is 14.1 Å². The Morgan fingerprint density at radius 1 is 1.12 bits per heavy atom. The maximum absolute atomic E-state index is 12.2. The Labute approximate surface area is 139 Å². The lowest BCUT2D eigenvalue weighted by Gasteiger charge is -2.04. The van der Waals surface area contributed by atoms with E-state index in [4.69, 9.17) is 9.15 Å². The number of Topliss-reactive ketones (excluding diaryl/α,β-unsaturated/α-hetero) is 1. The summed E-state index contributed by atoms with van der Waals surface area (Å²) in [6, 6.07) is 12.8. The smallest absolute Gasteiger partial charge is 0.375 e. The number of ether oxygens (including phenoxy) is 1. The molecule has 0 saturated heterocycles. The molecule has 0 aliphatic heterocycles. The predicted molar refractivity (Wildman–Crippen MR) is 89.0 cm³/mol. The molecule has 1 aromatic carbocycles. The highest BCUT2D eigenvalue weighted by Gasteiger charge is 2.20. The van der Waals surface area contributed by atoms with Crippen molar-refractivity contribution in [2.75, 3.05) is 6.61 Å². The van der Waals surface area contributed by atoms with E-state index >= 15 is 0 Å². The first-order chi connectivity index (χ1) is 11.6. The molecule has 0 aliphatic carbocycles. The molecule has 3 rings (SSSR count). The molecule has 1 N–H and O–H groups in total. The number of aromatic nitrogens is 1. The highest BCUT2D eigenvalue weighted by atomic mass is 16.5. The molecule has 0 radical (unpaired) electrons. The van der Waals surface area contributed by atoms with Gasteiger partial charge in [-0.15, -0.1) is 0 Å². The van der Waals surface area contributed by atoms with Crippen LogP contribution in [0.25, 0.3) is 11.1 Å². The first-order valence-electron chi connectivity index (χ1n) is 7.55. The average molecular weight is 323 g/mol. The summed E-state index contributed by atoms with van der Waals surface area (Å²) in [6.45, 7) is 3.35. The number of carbonyl (C=O) groups excluding carboxylic acids is 2. The Hall–Kier alpha value is -3.08. The zero-order valence-electron chi connectivity index (χ0n) is 13.5. The van der Waals surface area contributed by atoms with Crippen LogP contribution in [-0.4, -0.2) is 23.3 Å². The van der Waals surface area contributed by atoms with Crippen LogP contribution >= 0.6 is 0 Å². The molecule has 0 atom stereocenters. The lowest BCUT2D eigenvalue weighted by Crippen LogP contribution is -2.14. The van der Waals surface area contributed by atoms with E-state index < -0.39 is 5.97 Å². The quantitative estimate of drug-likeness (QED) is 0.570. The van der Waals surface area contributed by atoms with Crippen molar-refractivity contribution in [3.05, 3.63) is 71.4 Å². The Morgan fingerprint density at radius 3 is 2.54 bits per heavy atom. The molecule has 24 heavy (non-hydrogen) atoms. The van der Waals surface area contributed by atoms with Gasteiger partial charge in [0, 0.05) is 22.5 Å². The first kappa shape index (κ1) is 15.8. The van der Waals surface area contributed by atoms with E-state index in [-0.39, 0.29) is 18.2 Å². The van der Waals surface area contributed by atoms with Crippen molar-refractivity contribution in [3.8, 4) is 11.1 Å². The SMILES string of the molecule is Cc1cc(C(=O)COC(=O)c2occc2-c2ccccc2)c(C)[nH]1. The molecule has 0 unspecified atom stereocenters. The average Bonchev–Trinajstić information content (AvgIpc) is 3.19. The van der Waals surface area contributed by atoms with Crippen LogP contribution in [0.5, 0.6) is 0 Å². The van der Waals surface area contributed by atoms with Crippen molar-refractivity contribution in [1.29, 1.82) is 0 Å². The van der Waals surface area contributed by atoms with Gasteiger partial charge in [0.05, 0.1) is 6.26 Å². The highest BCUT2D eigenvalue weighted by molar-refractivity contribution is 6.01. The van der Waals surface area contributed by atoms with Crippen molar-refractivity contribution >= 4 is 11.8 Å². The number of furan rings is 1. The normalized spacial score (nSPS) is 10.6. The number of aromatic amines is 1. The molecule has 0 bridgehead atoms. The second kappa shape index (κ2) is 6.58. The topological polar surface area (TPSA) is 72.3 Å². The number of aryl methyl sites for hydroxylation is 2. The summed E-state index contributed by atoms with van der Waals surface area (Å²) in [5.41, 5.74) is 3.67. The van der Waals surface area contributed by atoms with Gasteiger partial charge in [0.2, 0.25) is 11.5 Å². The number of carbonyl (C=O) groups is 2. The summed E-state index contributed by atoms with van der Waals surface area (Å²) in [7, 11) is 0. The first-order valence-corrected chi connectivity index (χ1v) is 7.55. The zero-order chi connectivity index (χ0) is 17.1. The summed E-state index contributed by atoms with van der Waals surface area (Å²) in [5, 5.41) is 0. The van der Waals surface area contributed by atoms with Crippen molar-refractivity contribution < 1.29 is 18.7 Å². The van der Waals surface area contributed by atoms with Gasteiger partial charge in [-0.3, -0.25) is 4.79 Å². The van der Waals surface area contributed by atoms with Crippen LogP contribution in [0.4, 0.5) is 0 Å². The molecule has 0 aliphatic rings. The number of ketones is 1. The Kier molecular flexibility index (Phi) is 4.33. The molecular weight excluding hydrogens is 306 g/mol. The van der Waals surface area contributed by atoms with Crippen molar-refractivity contribution in [2.45, 2.75) is 13.8 Å². The number of hydrogen-bond acceptors (Lipinski definition) is 4. The van der Waals surface area contributed by atoms with Crippen LogP contribution < -0.4 is 0 Å². The van der Waals surface area contributed by atoms with Gasteiger partial charge in [0.25, 0.3) is 0 Å². The largest absolute Gasteiger partial charge is 0.457 e. The minimum atomic E-state index is -0.655. The molecule has 3 aromatic rings. The number of benzene rings is 1. The third kappa shape index (κ3) is 3.15.